The zero-order chi connectivity index (χ0) is 13.7. The van der Waals surface area contributed by atoms with Crippen LogP contribution in [-0.4, -0.2) is 18.6 Å². The molecule has 0 amide bonds. The molecule has 2 rings (SSSR count). The van der Waals surface area contributed by atoms with Crippen molar-refractivity contribution in [2.75, 3.05) is 13.7 Å². The van der Waals surface area contributed by atoms with E-state index in [-0.39, 0.29) is 0 Å². The number of pyridine rings is 1. The Balaban J connectivity index is 1.80. The molecule has 19 heavy (non-hydrogen) atoms. The van der Waals surface area contributed by atoms with Crippen molar-refractivity contribution in [1.29, 1.82) is 0 Å². The number of ether oxygens (including phenoxy) is 1. The zero-order valence-corrected chi connectivity index (χ0v) is 12.6. The normalized spacial score (nSPS) is 10.7. The van der Waals surface area contributed by atoms with Gasteiger partial charge in [0.1, 0.15) is 5.75 Å². The summed E-state index contributed by atoms with van der Waals surface area (Å²) in [6.45, 7) is 3.63. The van der Waals surface area contributed by atoms with E-state index in [1.165, 1.54) is 4.88 Å². The van der Waals surface area contributed by atoms with Crippen LogP contribution in [0.4, 0.5) is 0 Å². The van der Waals surface area contributed by atoms with Crippen LogP contribution in [0, 0.1) is 6.92 Å². The molecular formula is C14H17ClN2OS. The molecule has 0 saturated heterocycles. The van der Waals surface area contributed by atoms with E-state index in [2.05, 4.69) is 16.4 Å². The fourth-order valence-corrected chi connectivity index (χ4v) is 2.91. The molecule has 0 saturated carbocycles. The van der Waals surface area contributed by atoms with Crippen molar-refractivity contribution < 1.29 is 4.74 Å². The second kappa shape index (κ2) is 6.89. The number of methoxy groups -OCH3 is 1. The molecule has 0 radical (unpaired) electrons. The van der Waals surface area contributed by atoms with E-state index in [1.807, 2.05) is 25.1 Å². The molecule has 0 aromatic carbocycles. The average Bonchev–Trinajstić information content (AvgIpc) is 2.80. The monoisotopic (exact) mass is 296 g/mol. The van der Waals surface area contributed by atoms with Gasteiger partial charge in [-0.15, -0.1) is 11.3 Å². The van der Waals surface area contributed by atoms with Gasteiger partial charge in [0.25, 0.3) is 0 Å². The van der Waals surface area contributed by atoms with E-state index in [0.717, 1.165) is 41.0 Å². The minimum absolute atomic E-state index is 0.747. The van der Waals surface area contributed by atoms with Crippen LogP contribution in [-0.2, 0) is 13.0 Å². The third-order valence-corrected chi connectivity index (χ3v) is 3.99. The van der Waals surface area contributed by atoms with E-state index < -0.39 is 0 Å². The number of nitrogens with zero attached hydrogens (tertiary/aromatic N) is 1. The molecule has 0 unspecified atom stereocenters. The molecule has 0 fully saturated rings. The maximum atomic E-state index is 5.89. The summed E-state index contributed by atoms with van der Waals surface area (Å²) in [5, 5.41) is 3.38. The molecule has 0 spiro atoms. The van der Waals surface area contributed by atoms with E-state index in [1.54, 1.807) is 18.4 Å². The first-order valence-corrected chi connectivity index (χ1v) is 7.33. The summed E-state index contributed by atoms with van der Waals surface area (Å²) in [5.74, 6) is 0.856. The van der Waals surface area contributed by atoms with Gasteiger partial charge in [-0.2, -0.15) is 0 Å². The first kappa shape index (κ1) is 14.3. The number of hydrogen-bond donors (Lipinski definition) is 1. The van der Waals surface area contributed by atoms with Crippen LogP contribution in [0.15, 0.2) is 24.3 Å². The van der Waals surface area contributed by atoms with Crippen LogP contribution in [0.5, 0.6) is 5.75 Å². The molecule has 0 aliphatic rings. The standard InChI is InChI=1S/C14H17ClN2OS/c1-10-7-12(18-2)8-11(17-10)9-16-6-5-13-3-4-14(15)19-13/h3-4,7-8,16H,5-6,9H2,1-2H3. The number of thiophene rings is 1. The highest BCUT2D eigenvalue weighted by molar-refractivity contribution is 7.16. The van der Waals surface area contributed by atoms with Gasteiger partial charge in [0.2, 0.25) is 0 Å². The van der Waals surface area contributed by atoms with E-state index >= 15 is 0 Å². The molecule has 2 aromatic rings. The van der Waals surface area contributed by atoms with Gasteiger partial charge >= 0.3 is 0 Å². The second-order valence-corrected chi connectivity index (χ2v) is 6.07. The number of halogens is 1. The van der Waals surface area contributed by atoms with Gasteiger partial charge in [-0.3, -0.25) is 4.98 Å². The molecule has 2 aromatic heterocycles. The summed E-state index contributed by atoms with van der Waals surface area (Å²) >= 11 is 7.53. The first-order valence-electron chi connectivity index (χ1n) is 6.14. The summed E-state index contributed by atoms with van der Waals surface area (Å²) in [7, 11) is 1.67. The van der Waals surface area contributed by atoms with Gasteiger partial charge in [0.05, 0.1) is 17.1 Å². The van der Waals surface area contributed by atoms with Crippen molar-refractivity contribution in [2.24, 2.45) is 0 Å². The molecule has 0 bridgehead atoms. The van der Waals surface area contributed by atoms with Crippen molar-refractivity contribution in [2.45, 2.75) is 19.9 Å². The third-order valence-electron chi connectivity index (χ3n) is 2.70. The SMILES string of the molecule is COc1cc(C)nc(CNCCc2ccc(Cl)s2)c1. The molecule has 5 heteroatoms. The number of hydrogen-bond acceptors (Lipinski definition) is 4. The minimum atomic E-state index is 0.747. The summed E-state index contributed by atoms with van der Waals surface area (Å²) in [6.07, 6.45) is 0.986. The van der Waals surface area contributed by atoms with Crippen molar-refractivity contribution >= 4 is 22.9 Å². The van der Waals surface area contributed by atoms with Crippen molar-refractivity contribution in [3.8, 4) is 5.75 Å². The highest BCUT2D eigenvalue weighted by atomic mass is 35.5. The lowest BCUT2D eigenvalue weighted by Crippen LogP contribution is -2.17. The van der Waals surface area contributed by atoms with Gasteiger partial charge in [-0.1, -0.05) is 11.6 Å². The van der Waals surface area contributed by atoms with Crippen molar-refractivity contribution in [3.05, 3.63) is 44.9 Å². The van der Waals surface area contributed by atoms with Crippen molar-refractivity contribution in [1.82, 2.24) is 10.3 Å². The molecule has 0 atom stereocenters. The average molecular weight is 297 g/mol. The van der Waals surface area contributed by atoms with Crippen LogP contribution in [0.2, 0.25) is 4.34 Å². The van der Waals surface area contributed by atoms with E-state index in [9.17, 15) is 0 Å². The Kier molecular flexibility index (Phi) is 5.19. The Morgan fingerprint density at radius 1 is 1.37 bits per heavy atom. The maximum Gasteiger partial charge on any atom is 0.122 e. The Morgan fingerprint density at radius 3 is 2.89 bits per heavy atom. The molecule has 0 aliphatic carbocycles. The summed E-state index contributed by atoms with van der Waals surface area (Å²) in [5.41, 5.74) is 1.97. The Morgan fingerprint density at radius 2 is 2.21 bits per heavy atom. The summed E-state index contributed by atoms with van der Waals surface area (Å²) in [6, 6.07) is 7.90. The lowest BCUT2D eigenvalue weighted by atomic mass is 10.3. The van der Waals surface area contributed by atoms with Gasteiger partial charge in [0.15, 0.2) is 0 Å². The number of nitrogens with one attached hydrogen (secondary N) is 1. The topological polar surface area (TPSA) is 34.1 Å². The Labute approximate surface area is 122 Å². The fraction of sp³-hybridized carbons (Fsp3) is 0.357. The fourth-order valence-electron chi connectivity index (χ4n) is 1.83. The van der Waals surface area contributed by atoms with Crippen molar-refractivity contribution in [3.63, 3.8) is 0 Å². The minimum Gasteiger partial charge on any atom is -0.497 e. The third kappa shape index (κ3) is 4.49. The highest BCUT2D eigenvalue weighted by Gasteiger charge is 2.01. The largest absolute Gasteiger partial charge is 0.497 e. The van der Waals surface area contributed by atoms with Gasteiger partial charge in [-0.25, -0.2) is 0 Å². The quantitative estimate of drug-likeness (QED) is 0.829. The molecule has 1 N–H and O–H groups in total. The Bertz CT molecular complexity index is 542. The molecular weight excluding hydrogens is 280 g/mol. The van der Waals surface area contributed by atoms with Crippen LogP contribution in [0.25, 0.3) is 0 Å². The number of aromatic nitrogens is 1. The first-order chi connectivity index (χ1) is 9.17. The van der Waals surface area contributed by atoms with E-state index in [4.69, 9.17) is 16.3 Å². The molecule has 102 valence electrons. The van der Waals surface area contributed by atoms with Crippen LogP contribution >= 0.6 is 22.9 Å². The van der Waals surface area contributed by atoms with Crippen LogP contribution < -0.4 is 10.1 Å². The summed E-state index contributed by atoms with van der Waals surface area (Å²) in [4.78, 5) is 5.77. The lowest BCUT2D eigenvalue weighted by molar-refractivity contribution is 0.412. The second-order valence-electron chi connectivity index (χ2n) is 4.27. The van der Waals surface area contributed by atoms with Gasteiger partial charge in [0, 0.05) is 35.8 Å². The Hall–Kier alpha value is -1.10. The zero-order valence-electron chi connectivity index (χ0n) is 11.1. The van der Waals surface area contributed by atoms with E-state index in [0.29, 0.717) is 0 Å². The maximum absolute atomic E-state index is 5.89. The highest BCUT2D eigenvalue weighted by Crippen LogP contribution is 2.21. The predicted molar refractivity (Wildman–Crippen MR) is 80.3 cm³/mol. The van der Waals surface area contributed by atoms with Crippen LogP contribution in [0.1, 0.15) is 16.3 Å². The van der Waals surface area contributed by atoms with Gasteiger partial charge in [-0.05, 0) is 25.5 Å². The van der Waals surface area contributed by atoms with Crippen LogP contribution in [0.3, 0.4) is 0 Å². The molecule has 2 heterocycles. The molecule has 0 aliphatic heterocycles. The molecule has 3 nitrogen and oxygen atoms in total. The smallest absolute Gasteiger partial charge is 0.122 e. The lowest BCUT2D eigenvalue weighted by Gasteiger charge is -2.07. The number of rotatable bonds is 6. The van der Waals surface area contributed by atoms with Gasteiger partial charge < -0.3 is 10.1 Å². The number of aryl methyl sites for hydroxylation is 1. The summed E-state index contributed by atoms with van der Waals surface area (Å²) < 4.78 is 6.08. The predicted octanol–water partition coefficient (Wildman–Crippen LogP) is 3.45.